The Bertz CT molecular complexity index is 907. The van der Waals surface area contributed by atoms with Crippen molar-refractivity contribution in [2.75, 3.05) is 19.8 Å². The van der Waals surface area contributed by atoms with Crippen LogP contribution in [0.1, 0.15) is 17.7 Å². The number of ether oxygens (including phenoxy) is 1. The molecule has 0 radical (unpaired) electrons. The largest absolute Gasteiger partial charge is 0.378 e. The highest BCUT2D eigenvalue weighted by atomic mass is 19.1. The molecule has 0 saturated carbocycles. The van der Waals surface area contributed by atoms with E-state index in [1.54, 1.807) is 12.4 Å². The molecule has 26 heavy (non-hydrogen) atoms. The van der Waals surface area contributed by atoms with Gasteiger partial charge in [-0.15, -0.1) is 0 Å². The molecule has 1 N–H and O–H groups in total. The van der Waals surface area contributed by atoms with Crippen LogP contribution in [0.5, 0.6) is 0 Å². The summed E-state index contributed by atoms with van der Waals surface area (Å²) >= 11 is 0. The van der Waals surface area contributed by atoms with E-state index in [0.29, 0.717) is 31.3 Å². The summed E-state index contributed by atoms with van der Waals surface area (Å²) in [5.74, 6) is 0.420. The Kier molecular flexibility index (Phi) is 4.52. The average Bonchev–Trinajstić information content (AvgIpc) is 3.25. The number of hydrogen-bond acceptors (Lipinski definition) is 4. The van der Waals surface area contributed by atoms with Crippen LogP contribution in [0.25, 0.3) is 11.3 Å². The zero-order chi connectivity index (χ0) is 18.1. The lowest BCUT2D eigenvalue weighted by molar-refractivity contribution is -0.0170. The van der Waals surface area contributed by atoms with Crippen molar-refractivity contribution in [3.63, 3.8) is 0 Å². The number of nitrogens with zero attached hydrogens (tertiary/aromatic N) is 4. The molecule has 1 saturated heterocycles. The summed E-state index contributed by atoms with van der Waals surface area (Å²) in [5.41, 5.74) is 0.803. The number of aromatic amines is 1. The maximum atomic E-state index is 14.0. The smallest absolute Gasteiger partial charge is 0.135 e. The van der Waals surface area contributed by atoms with Crippen molar-refractivity contribution in [3.05, 3.63) is 60.1 Å². The standard InChI is InChI=1S/C18H19F2N5O/c1-24-5-4-21-17(24)10-25-6-7-26-11-16(25)18-22-9-15(23-18)13-3-2-12(19)8-14(13)20/h2-5,8-9,16H,6-7,10-11H2,1H3,(H,22,23). The van der Waals surface area contributed by atoms with Crippen molar-refractivity contribution in [3.8, 4) is 11.3 Å². The van der Waals surface area contributed by atoms with E-state index in [4.69, 9.17) is 4.74 Å². The van der Waals surface area contributed by atoms with Gasteiger partial charge in [0.1, 0.15) is 23.3 Å². The van der Waals surface area contributed by atoms with E-state index >= 15 is 0 Å². The number of aromatic nitrogens is 4. The first-order valence-electron chi connectivity index (χ1n) is 8.40. The molecule has 6 nitrogen and oxygen atoms in total. The fourth-order valence-electron chi connectivity index (χ4n) is 3.16. The molecule has 4 rings (SSSR count). The lowest BCUT2D eigenvalue weighted by Crippen LogP contribution is -2.40. The van der Waals surface area contributed by atoms with E-state index < -0.39 is 11.6 Å². The van der Waals surface area contributed by atoms with Crippen molar-refractivity contribution in [2.45, 2.75) is 12.6 Å². The van der Waals surface area contributed by atoms with Gasteiger partial charge in [0.05, 0.1) is 37.7 Å². The fourth-order valence-corrected chi connectivity index (χ4v) is 3.16. The minimum Gasteiger partial charge on any atom is -0.378 e. The highest BCUT2D eigenvalue weighted by molar-refractivity contribution is 5.59. The molecule has 3 heterocycles. The van der Waals surface area contributed by atoms with Gasteiger partial charge < -0.3 is 14.3 Å². The third-order valence-corrected chi connectivity index (χ3v) is 4.64. The first kappa shape index (κ1) is 16.9. The molecular formula is C18H19F2N5O. The lowest BCUT2D eigenvalue weighted by Gasteiger charge is -2.34. The molecule has 1 atom stereocenters. The molecule has 1 aliphatic rings. The number of aryl methyl sites for hydroxylation is 1. The lowest BCUT2D eigenvalue weighted by atomic mass is 10.1. The van der Waals surface area contributed by atoms with Crippen LogP contribution in [0.15, 0.2) is 36.8 Å². The number of rotatable bonds is 4. The molecule has 3 aromatic rings. The second kappa shape index (κ2) is 6.97. The van der Waals surface area contributed by atoms with Crippen LogP contribution in [-0.4, -0.2) is 44.2 Å². The molecule has 0 bridgehead atoms. The number of nitrogens with one attached hydrogen (secondary N) is 1. The summed E-state index contributed by atoms with van der Waals surface area (Å²) in [4.78, 5) is 14.2. The minimum atomic E-state index is -0.620. The molecule has 1 fully saturated rings. The minimum absolute atomic E-state index is 0.0855. The molecule has 0 spiro atoms. The maximum absolute atomic E-state index is 14.0. The topological polar surface area (TPSA) is 59.0 Å². The summed E-state index contributed by atoms with van der Waals surface area (Å²) < 4.78 is 34.8. The van der Waals surface area contributed by atoms with Gasteiger partial charge >= 0.3 is 0 Å². The van der Waals surface area contributed by atoms with Crippen molar-refractivity contribution in [1.82, 2.24) is 24.4 Å². The summed E-state index contributed by atoms with van der Waals surface area (Å²) in [5, 5.41) is 0. The molecule has 0 amide bonds. The van der Waals surface area contributed by atoms with E-state index in [0.717, 1.165) is 18.4 Å². The Balaban J connectivity index is 1.59. The van der Waals surface area contributed by atoms with Crippen molar-refractivity contribution in [2.24, 2.45) is 7.05 Å². The number of morpholine rings is 1. The highest BCUT2D eigenvalue weighted by Gasteiger charge is 2.28. The molecule has 8 heteroatoms. The predicted octanol–water partition coefficient (Wildman–Crippen LogP) is 2.66. The van der Waals surface area contributed by atoms with Gasteiger partial charge in [-0.2, -0.15) is 0 Å². The first-order valence-corrected chi connectivity index (χ1v) is 8.40. The Hall–Kier alpha value is -2.58. The van der Waals surface area contributed by atoms with Gasteiger partial charge in [0.15, 0.2) is 0 Å². The molecule has 1 aromatic carbocycles. The van der Waals surface area contributed by atoms with Crippen molar-refractivity contribution in [1.29, 1.82) is 0 Å². The normalized spacial score (nSPS) is 18.3. The van der Waals surface area contributed by atoms with Gasteiger partial charge in [-0.3, -0.25) is 4.90 Å². The maximum Gasteiger partial charge on any atom is 0.135 e. The molecule has 0 aliphatic carbocycles. The predicted molar refractivity (Wildman–Crippen MR) is 91.1 cm³/mol. The van der Waals surface area contributed by atoms with Crippen molar-refractivity contribution >= 4 is 0 Å². The van der Waals surface area contributed by atoms with Gasteiger partial charge in [0, 0.05) is 37.6 Å². The van der Waals surface area contributed by atoms with Crippen LogP contribution in [0.4, 0.5) is 8.78 Å². The Morgan fingerprint density at radius 3 is 2.96 bits per heavy atom. The summed E-state index contributed by atoms with van der Waals surface area (Å²) in [6.07, 6.45) is 5.25. The van der Waals surface area contributed by atoms with E-state index in [1.165, 1.54) is 12.1 Å². The molecule has 1 unspecified atom stereocenters. The number of halogens is 2. The SMILES string of the molecule is Cn1ccnc1CN1CCOCC1c1ncc(-c2ccc(F)cc2F)[nH]1. The molecular weight excluding hydrogens is 340 g/mol. The monoisotopic (exact) mass is 359 g/mol. The van der Waals surface area contributed by atoms with Crippen LogP contribution in [0.3, 0.4) is 0 Å². The van der Waals surface area contributed by atoms with Crippen LogP contribution in [0.2, 0.25) is 0 Å². The van der Waals surface area contributed by atoms with Crippen molar-refractivity contribution < 1.29 is 13.5 Å². The zero-order valence-corrected chi connectivity index (χ0v) is 14.3. The molecule has 2 aromatic heterocycles. The Morgan fingerprint density at radius 2 is 2.19 bits per heavy atom. The molecule has 1 aliphatic heterocycles. The van der Waals surface area contributed by atoms with Crippen LogP contribution >= 0.6 is 0 Å². The number of hydrogen-bond donors (Lipinski definition) is 1. The Morgan fingerprint density at radius 1 is 1.31 bits per heavy atom. The number of imidazole rings is 2. The van der Waals surface area contributed by atoms with Crippen LogP contribution in [0, 0.1) is 11.6 Å². The summed E-state index contributed by atoms with van der Waals surface area (Å²) in [6.45, 7) is 2.54. The summed E-state index contributed by atoms with van der Waals surface area (Å²) in [6, 6.07) is 3.42. The quantitative estimate of drug-likeness (QED) is 0.778. The van der Waals surface area contributed by atoms with E-state index in [1.807, 2.05) is 17.8 Å². The third-order valence-electron chi connectivity index (χ3n) is 4.64. The average molecular weight is 359 g/mol. The van der Waals surface area contributed by atoms with Gasteiger partial charge in [-0.05, 0) is 12.1 Å². The highest BCUT2D eigenvalue weighted by Crippen LogP contribution is 2.27. The summed E-state index contributed by atoms with van der Waals surface area (Å²) in [7, 11) is 1.96. The first-order chi connectivity index (χ1) is 12.6. The van der Waals surface area contributed by atoms with Crippen LogP contribution < -0.4 is 0 Å². The van der Waals surface area contributed by atoms with Gasteiger partial charge in [0.25, 0.3) is 0 Å². The van der Waals surface area contributed by atoms with E-state index in [2.05, 4.69) is 19.9 Å². The number of benzene rings is 1. The van der Waals surface area contributed by atoms with Gasteiger partial charge in [-0.1, -0.05) is 0 Å². The van der Waals surface area contributed by atoms with Gasteiger partial charge in [-0.25, -0.2) is 18.7 Å². The second-order valence-electron chi connectivity index (χ2n) is 6.32. The third kappa shape index (κ3) is 3.25. The van der Waals surface area contributed by atoms with Gasteiger partial charge in [0.2, 0.25) is 0 Å². The fraction of sp³-hybridized carbons (Fsp3) is 0.333. The molecule has 136 valence electrons. The van der Waals surface area contributed by atoms with Crippen LogP contribution in [-0.2, 0) is 18.3 Å². The Labute approximate surface area is 149 Å². The van der Waals surface area contributed by atoms with E-state index in [-0.39, 0.29) is 11.6 Å². The second-order valence-corrected chi connectivity index (χ2v) is 6.32. The zero-order valence-electron chi connectivity index (χ0n) is 14.3. The number of H-pyrrole nitrogens is 1. The van der Waals surface area contributed by atoms with E-state index in [9.17, 15) is 8.78 Å².